The highest BCUT2D eigenvalue weighted by atomic mass is 16.5. The molecule has 0 saturated carbocycles. The normalized spacial score (nSPS) is 10.8. The van der Waals surface area contributed by atoms with Gasteiger partial charge in [0.1, 0.15) is 29.4 Å². The first-order valence-electron chi connectivity index (χ1n) is 7.61. The predicted octanol–water partition coefficient (Wildman–Crippen LogP) is 3.20. The monoisotopic (exact) mass is 333 g/mol. The maximum atomic E-state index is 5.84. The number of rotatable bonds is 4. The zero-order valence-electron chi connectivity index (χ0n) is 13.5. The van der Waals surface area contributed by atoms with E-state index in [1.807, 2.05) is 48.5 Å². The molecule has 0 unspecified atom stereocenters. The van der Waals surface area contributed by atoms with E-state index < -0.39 is 0 Å². The summed E-state index contributed by atoms with van der Waals surface area (Å²) in [5.41, 5.74) is 7.36. The van der Waals surface area contributed by atoms with Crippen LogP contribution in [-0.4, -0.2) is 26.9 Å². The third-order valence-electron chi connectivity index (χ3n) is 3.77. The second-order valence-electron chi connectivity index (χ2n) is 5.32. The van der Waals surface area contributed by atoms with E-state index in [9.17, 15) is 0 Å². The van der Waals surface area contributed by atoms with Crippen LogP contribution in [0.3, 0.4) is 0 Å². The van der Waals surface area contributed by atoms with Crippen molar-refractivity contribution >= 4 is 16.9 Å². The van der Waals surface area contributed by atoms with Crippen LogP contribution in [-0.2, 0) is 0 Å². The van der Waals surface area contributed by atoms with E-state index in [-0.39, 0.29) is 0 Å². The lowest BCUT2D eigenvalue weighted by Gasteiger charge is -2.08. The molecule has 2 aromatic carbocycles. The summed E-state index contributed by atoms with van der Waals surface area (Å²) in [6.45, 7) is 0. The Bertz CT molecular complexity index is 1010. The molecule has 7 nitrogen and oxygen atoms in total. The molecule has 2 aromatic heterocycles. The molecular weight excluding hydrogens is 318 g/mol. The molecule has 124 valence electrons. The minimum Gasteiger partial charge on any atom is -0.497 e. The Kier molecular flexibility index (Phi) is 3.66. The number of fused-ring (bicyclic) bond motifs is 1. The minimum absolute atomic E-state index is 0.413. The Labute approximate surface area is 143 Å². The lowest BCUT2D eigenvalue weighted by molar-refractivity contribution is 0.413. The standard InChI is InChI=1S/C18H15N5O2/c1-24-13-6-8-15(9-7-13)25-14-4-2-12(3-5-14)23-18-16(10-22-23)17(19)20-11-21-18/h2-11H,1H3,(H2,19,20,21). The smallest absolute Gasteiger partial charge is 0.168 e. The van der Waals surface area contributed by atoms with E-state index >= 15 is 0 Å². The summed E-state index contributed by atoms with van der Waals surface area (Å²) in [4.78, 5) is 8.22. The molecule has 4 rings (SSSR count). The van der Waals surface area contributed by atoms with Gasteiger partial charge in [-0.3, -0.25) is 0 Å². The van der Waals surface area contributed by atoms with Gasteiger partial charge in [-0.2, -0.15) is 5.10 Å². The molecule has 0 amide bonds. The van der Waals surface area contributed by atoms with Crippen molar-refractivity contribution in [2.75, 3.05) is 12.8 Å². The summed E-state index contributed by atoms with van der Waals surface area (Å²) >= 11 is 0. The molecule has 0 fully saturated rings. The molecule has 0 atom stereocenters. The molecule has 4 aromatic rings. The Morgan fingerprint density at radius 3 is 2.20 bits per heavy atom. The molecule has 0 saturated heterocycles. The summed E-state index contributed by atoms with van der Waals surface area (Å²) in [7, 11) is 1.63. The maximum absolute atomic E-state index is 5.84. The molecule has 0 aliphatic rings. The average molecular weight is 333 g/mol. The van der Waals surface area contributed by atoms with Crippen LogP contribution >= 0.6 is 0 Å². The third kappa shape index (κ3) is 2.83. The van der Waals surface area contributed by atoms with E-state index in [1.165, 1.54) is 6.33 Å². The zero-order chi connectivity index (χ0) is 17.2. The highest BCUT2D eigenvalue weighted by Gasteiger charge is 2.09. The number of hydrogen-bond donors (Lipinski definition) is 1. The van der Waals surface area contributed by atoms with Gasteiger partial charge in [-0.15, -0.1) is 0 Å². The van der Waals surface area contributed by atoms with Gasteiger partial charge in [0.15, 0.2) is 5.65 Å². The number of hydrogen-bond acceptors (Lipinski definition) is 6. The quantitative estimate of drug-likeness (QED) is 0.617. The highest BCUT2D eigenvalue weighted by molar-refractivity contribution is 5.85. The predicted molar refractivity (Wildman–Crippen MR) is 94.1 cm³/mol. The largest absolute Gasteiger partial charge is 0.497 e. The Morgan fingerprint density at radius 2 is 1.52 bits per heavy atom. The summed E-state index contributed by atoms with van der Waals surface area (Å²) in [6, 6.07) is 15.0. The van der Waals surface area contributed by atoms with Gasteiger partial charge < -0.3 is 15.2 Å². The first-order chi connectivity index (χ1) is 12.2. The van der Waals surface area contributed by atoms with E-state index in [4.69, 9.17) is 15.2 Å². The van der Waals surface area contributed by atoms with Crippen LogP contribution in [0.5, 0.6) is 17.2 Å². The fourth-order valence-corrected chi connectivity index (χ4v) is 2.49. The van der Waals surface area contributed by atoms with Crippen LogP contribution < -0.4 is 15.2 Å². The van der Waals surface area contributed by atoms with Crippen LogP contribution in [0.25, 0.3) is 16.7 Å². The number of ether oxygens (including phenoxy) is 2. The van der Waals surface area contributed by atoms with E-state index in [0.29, 0.717) is 11.5 Å². The lowest BCUT2D eigenvalue weighted by Crippen LogP contribution is -1.99. The van der Waals surface area contributed by atoms with Crippen molar-refractivity contribution in [2.24, 2.45) is 0 Å². The Hall–Kier alpha value is -3.61. The fourth-order valence-electron chi connectivity index (χ4n) is 2.49. The second-order valence-corrected chi connectivity index (χ2v) is 5.32. The fraction of sp³-hybridized carbons (Fsp3) is 0.0556. The van der Waals surface area contributed by atoms with Gasteiger partial charge in [-0.25, -0.2) is 14.6 Å². The van der Waals surface area contributed by atoms with Crippen molar-refractivity contribution in [3.8, 4) is 22.9 Å². The minimum atomic E-state index is 0.413. The molecule has 2 N–H and O–H groups in total. The molecule has 25 heavy (non-hydrogen) atoms. The molecule has 0 spiro atoms. The topological polar surface area (TPSA) is 88.1 Å². The van der Waals surface area contributed by atoms with Gasteiger partial charge in [0.25, 0.3) is 0 Å². The van der Waals surface area contributed by atoms with E-state index in [2.05, 4.69) is 15.1 Å². The highest BCUT2D eigenvalue weighted by Crippen LogP contribution is 2.26. The number of benzene rings is 2. The zero-order valence-corrected chi connectivity index (χ0v) is 13.5. The summed E-state index contributed by atoms with van der Waals surface area (Å²) in [5, 5.41) is 5.06. The number of aromatic nitrogens is 4. The van der Waals surface area contributed by atoms with Crippen molar-refractivity contribution in [3.05, 3.63) is 61.1 Å². The van der Waals surface area contributed by atoms with Crippen LogP contribution in [0, 0.1) is 0 Å². The first kappa shape index (κ1) is 14.9. The van der Waals surface area contributed by atoms with E-state index in [0.717, 1.165) is 28.3 Å². The van der Waals surface area contributed by atoms with Gasteiger partial charge >= 0.3 is 0 Å². The van der Waals surface area contributed by atoms with Gasteiger partial charge in [-0.05, 0) is 48.5 Å². The average Bonchev–Trinajstić information content (AvgIpc) is 3.09. The molecular formula is C18H15N5O2. The summed E-state index contributed by atoms with van der Waals surface area (Å²) in [5.74, 6) is 2.66. The Balaban J connectivity index is 1.59. The van der Waals surface area contributed by atoms with Crippen molar-refractivity contribution in [3.63, 3.8) is 0 Å². The maximum Gasteiger partial charge on any atom is 0.168 e. The van der Waals surface area contributed by atoms with Crippen molar-refractivity contribution in [1.82, 2.24) is 19.7 Å². The SMILES string of the molecule is COc1ccc(Oc2ccc(-n3ncc4c(N)ncnc43)cc2)cc1. The van der Waals surface area contributed by atoms with Gasteiger partial charge in [0, 0.05) is 0 Å². The van der Waals surface area contributed by atoms with E-state index in [1.54, 1.807) is 18.0 Å². The van der Waals surface area contributed by atoms with Gasteiger partial charge in [0.05, 0.1) is 24.4 Å². The van der Waals surface area contributed by atoms with Crippen LogP contribution in [0.1, 0.15) is 0 Å². The van der Waals surface area contributed by atoms with Crippen molar-refractivity contribution in [1.29, 1.82) is 0 Å². The number of anilines is 1. The van der Waals surface area contributed by atoms with Crippen molar-refractivity contribution < 1.29 is 9.47 Å². The third-order valence-corrected chi connectivity index (χ3v) is 3.77. The van der Waals surface area contributed by atoms with Crippen LogP contribution in [0.4, 0.5) is 5.82 Å². The molecule has 0 aliphatic heterocycles. The molecule has 0 bridgehead atoms. The number of nitrogens with two attached hydrogens (primary N) is 1. The lowest BCUT2D eigenvalue weighted by atomic mass is 10.3. The molecule has 0 aliphatic carbocycles. The summed E-state index contributed by atoms with van der Waals surface area (Å²) in [6.07, 6.45) is 3.09. The second kappa shape index (κ2) is 6.12. The van der Waals surface area contributed by atoms with Gasteiger partial charge in [-0.1, -0.05) is 0 Å². The first-order valence-corrected chi connectivity index (χ1v) is 7.61. The van der Waals surface area contributed by atoms with Gasteiger partial charge in [0.2, 0.25) is 0 Å². The van der Waals surface area contributed by atoms with Crippen LogP contribution in [0.15, 0.2) is 61.1 Å². The Morgan fingerprint density at radius 1 is 0.880 bits per heavy atom. The number of nitrogen functional groups attached to an aromatic ring is 1. The molecule has 2 heterocycles. The number of methoxy groups -OCH3 is 1. The van der Waals surface area contributed by atoms with Crippen molar-refractivity contribution in [2.45, 2.75) is 0 Å². The molecule has 0 radical (unpaired) electrons. The number of nitrogens with zero attached hydrogens (tertiary/aromatic N) is 4. The molecule has 7 heteroatoms. The summed E-state index contributed by atoms with van der Waals surface area (Å²) < 4.78 is 12.7. The van der Waals surface area contributed by atoms with Crippen LogP contribution in [0.2, 0.25) is 0 Å².